The van der Waals surface area contributed by atoms with Gasteiger partial charge in [0.2, 0.25) is 0 Å². The van der Waals surface area contributed by atoms with Gasteiger partial charge in [0.1, 0.15) is 0 Å². The summed E-state index contributed by atoms with van der Waals surface area (Å²) in [5.74, 6) is 3.96. The summed E-state index contributed by atoms with van der Waals surface area (Å²) in [5, 5.41) is 9.61. The van der Waals surface area contributed by atoms with Crippen molar-refractivity contribution >= 4 is 107 Å². The average molecular weight is 1160 g/mol. The molecule has 0 saturated heterocycles. The summed E-state index contributed by atoms with van der Waals surface area (Å²) in [6, 6.07) is 102. The van der Waals surface area contributed by atoms with Gasteiger partial charge in [-0.3, -0.25) is 0 Å². The lowest BCUT2D eigenvalue weighted by atomic mass is 10.0. The Morgan fingerprint density at radius 1 is 0.216 bits per heavy atom. The van der Waals surface area contributed by atoms with E-state index in [9.17, 15) is 0 Å². The maximum Gasteiger partial charge on any atom is 0.164 e. The fraction of sp³-hybridized carbons (Fsp3) is 0. The minimum Gasteiger partial charge on any atom is -0.309 e. The minimum atomic E-state index is 0.655. The Morgan fingerprint density at radius 2 is 0.568 bits per heavy atom. The molecule has 0 fully saturated rings. The van der Waals surface area contributed by atoms with Crippen LogP contribution in [0.3, 0.4) is 0 Å². The second-order valence-corrected chi connectivity index (χ2v) is 23.9. The lowest BCUT2D eigenvalue weighted by Gasteiger charge is -2.10. The van der Waals surface area contributed by atoms with E-state index in [0.717, 1.165) is 77.5 Å². The summed E-state index contributed by atoms with van der Waals surface area (Å²) in [4.78, 5) is 30.5. The molecule has 0 amide bonds. The molecule has 6 heterocycles. The first-order chi connectivity index (χ1) is 43.6. The van der Waals surface area contributed by atoms with E-state index in [-0.39, 0.29) is 0 Å². The molecule has 18 rings (SSSR count). The van der Waals surface area contributed by atoms with Crippen molar-refractivity contribution in [3.63, 3.8) is 0 Å². The maximum atomic E-state index is 5.18. The highest BCUT2D eigenvalue weighted by atomic mass is 32.1. The molecule has 18 aromatic rings. The van der Waals surface area contributed by atoms with Gasteiger partial charge in [-0.15, -0.1) is 22.7 Å². The molecular formula is C78H48N8S2. The number of thiophene rings is 2. The summed E-state index contributed by atoms with van der Waals surface area (Å²) < 4.78 is 9.72. The van der Waals surface area contributed by atoms with Crippen LogP contribution in [-0.4, -0.2) is 39.0 Å². The van der Waals surface area contributed by atoms with Crippen molar-refractivity contribution in [1.29, 1.82) is 0 Å². The highest BCUT2D eigenvalue weighted by Crippen LogP contribution is 2.42. The van der Waals surface area contributed by atoms with Crippen LogP contribution in [0.2, 0.25) is 0 Å². The highest BCUT2D eigenvalue weighted by Gasteiger charge is 2.22. The predicted octanol–water partition coefficient (Wildman–Crippen LogP) is 20.7. The third kappa shape index (κ3) is 8.88. The molecule has 0 saturated carbocycles. The summed E-state index contributed by atoms with van der Waals surface area (Å²) in [7, 11) is 0. The van der Waals surface area contributed by atoms with Crippen molar-refractivity contribution in [2.24, 2.45) is 0 Å². The Hall–Kier alpha value is -11.3. The predicted molar refractivity (Wildman–Crippen MR) is 367 cm³/mol. The summed E-state index contributed by atoms with van der Waals surface area (Å²) in [5.41, 5.74) is 12.6. The molecule has 0 spiro atoms. The Bertz CT molecular complexity index is 5700. The number of nitrogens with zero attached hydrogens (tertiary/aromatic N) is 8. The van der Waals surface area contributed by atoms with Crippen LogP contribution in [0.25, 0.3) is 164 Å². The van der Waals surface area contributed by atoms with Crippen LogP contribution in [0.15, 0.2) is 291 Å². The molecule has 0 radical (unpaired) electrons. The van der Waals surface area contributed by atoms with Crippen LogP contribution in [0.5, 0.6) is 0 Å². The molecule has 0 atom stereocenters. The minimum absolute atomic E-state index is 0.655. The number of hydrogen-bond donors (Lipinski definition) is 0. The van der Waals surface area contributed by atoms with Crippen molar-refractivity contribution in [3.8, 4) is 79.7 Å². The van der Waals surface area contributed by atoms with Crippen LogP contribution in [0, 0.1) is 0 Å². The van der Waals surface area contributed by atoms with Crippen LogP contribution < -0.4 is 0 Å². The Labute approximate surface area is 513 Å². The first-order valence-electron chi connectivity index (χ1n) is 29.3. The van der Waals surface area contributed by atoms with E-state index in [1.807, 2.05) is 59.1 Å². The molecule has 0 bridgehead atoms. The van der Waals surface area contributed by atoms with Crippen LogP contribution in [-0.2, 0) is 0 Å². The van der Waals surface area contributed by atoms with Gasteiger partial charge < -0.3 is 9.13 Å². The molecule has 10 heteroatoms. The lowest BCUT2D eigenvalue weighted by molar-refractivity contribution is 1.07. The topological polar surface area (TPSA) is 87.2 Å². The van der Waals surface area contributed by atoms with E-state index in [4.69, 9.17) is 29.9 Å². The zero-order valence-electron chi connectivity index (χ0n) is 47.1. The molecule has 12 aromatic carbocycles. The molecule has 8 nitrogen and oxygen atoms in total. The Kier molecular flexibility index (Phi) is 12.4. The number of rotatable bonds is 8. The lowest BCUT2D eigenvalue weighted by Crippen LogP contribution is -2.00. The van der Waals surface area contributed by atoms with E-state index >= 15 is 0 Å². The average Bonchev–Trinajstić information content (AvgIpc) is 1.84. The molecule has 0 aliphatic carbocycles. The highest BCUT2D eigenvalue weighted by molar-refractivity contribution is 7.26. The Morgan fingerprint density at radius 3 is 1.09 bits per heavy atom. The number of fused-ring (bicyclic) bond motifs is 12. The Balaban J connectivity index is 0.000000137. The first-order valence-corrected chi connectivity index (χ1v) is 30.9. The quantitative estimate of drug-likeness (QED) is 0.151. The van der Waals surface area contributed by atoms with Gasteiger partial charge in [-0.05, 0) is 109 Å². The van der Waals surface area contributed by atoms with Gasteiger partial charge in [0.15, 0.2) is 34.9 Å². The van der Waals surface area contributed by atoms with E-state index in [1.165, 1.54) is 51.2 Å². The molecule has 0 N–H and O–H groups in total. The van der Waals surface area contributed by atoms with Crippen molar-refractivity contribution in [1.82, 2.24) is 39.0 Å². The van der Waals surface area contributed by atoms with Gasteiger partial charge in [-0.2, -0.15) is 0 Å². The smallest absolute Gasteiger partial charge is 0.164 e. The normalized spacial score (nSPS) is 11.6. The zero-order valence-corrected chi connectivity index (χ0v) is 48.7. The second kappa shape index (κ2) is 21.3. The van der Waals surface area contributed by atoms with Crippen LogP contribution in [0.4, 0.5) is 0 Å². The number of benzene rings is 12. The van der Waals surface area contributed by atoms with Crippen LogP contribution >= 0.6 is 22.7 Å². The van der Waals surface area contributed by atoms with Gasteiger partial charge in [-0.25, -0.2) is 29.9 Å². The van der Waals surface area contributed by atoms with E-state index in [2.05, 4.69) is 264 Å². The first kappa shape index (κ1) is 51.1. The molecule has 0 aliphatic rings. The molecule has 412 valence electrons. The zero-order chi connectivity index (χ0) is 58.1. The van der Waals surface area contributed by atoms with Gasteiger partial charge in [0.05, 0.1) is 22.1 Å². The number of hydrogen-bond acceptors (Lipinski definition) is 8. The summed E-state index contributed by atoms with van der Waals surface area (Å²) in [6.45, 7) is 0. The fourth-order valence-electron chi connectivity index (χ4n) is 12.5. The van der Waals surface area contributed by atoms with Gasteiger partial charge >= 0.3 is 0 Å². The molecule has 0 aliphatic heterocycles. The molecule has 88 heavy (non-hydrogen) atoms. The van der Waals surface area contributed by atoms with E-state index in [0.29, 0.717) is 34.9 Å². The third-order valence-electron chi connectivity index (χ3n) is 16.5. The number of aromatic nitrogens is 8. The number of para-hydroxylation sites is 4. The van der Waals surface area contributed by atoms with E-state index in [1.54, 1.807) is 0 Å². The van der Waals surface area contributed by atoms with Gasteiger partial charge in [-0.1, -0.05) is 182 Å². The molecular weight excluding hydrogens is 1110 g/mol. The summed E-state index contributed by atoms with van der Waals surface area (Å²) in [6.07, 6.45) is 0. The largest absolute Gasteiger partial charge is 0.309 e. The van der Waals surface area contributed by atoms with Gasteiger partial charge in [0, 0.05) is 107 Å². The fourth-order valence-corrected chi connectivity index (χ4v) is 14.6. The van der Waals surface area contributed by atoms with Gasteiger partial charge in [0.25, 0.3) is 0 Å². The molecule has 0 unspecified atom stereocenters. The second-order valence-electron chi connectivity index (χ2n) is 21.8. The van der Waals surface area contributed by atoms with E-state index < -0.39 is 0 Å². The summed E-state index contributed by atoms with van der Waals surface area (Å²) >= 11 is 3.63. The van der Waals surface area contributed by atoms with Crippen molar-refractivity contribution in [3.05, 3.63) is 291 Å². The standard InChI is InChI=1S/2C39H24N4S/c1-3-12-25(13-4-1)37-40-38(26-22-23-35-31(24-26)28-16-8-10-21-34(28)44-35)42-39(41-37)30-18-11-20-33-36(30)29-17-7-9-19-32(29)43(33)27-14-5-2-6-15-27;1-3-11-25(12-4-1)37-40-38(42-39(41-37)27-20-22-36-32(24-27)30-16-8-10-18-35(30)44-36)26-19-21-34-31(23-26)29-15-7-9-17-33(29)43(34)28-13-5-2-6-14-28/h2*1-24H. The monoisotopic (exact) mass is 1160 g/mol. The maximum absolute atomic E-state index is 5.18. The molecule has 6 aromatic heterocycles. The van der Waals surface area contributed by atoms with Crippen molar-refractivity contribution < 1.29 is 0 Å². The third-order valence-corrected chi connectivity index (χ3v) is 18.8. The van der Waals surface area contributed by atoms with Crippen molar-refractivity contribution in [2.45, 2.75) is 0 Å². The van der Waals surface area contributed by atoms with Crippen LogP contribution in [0.1, 0.15) is 0 Å². The SMILES string of the molecule is c1ccc(-c2nc(-c3ccc4sc5ccccc5c4c3)nc(-c3ccc4c(c3)c3ccccc3n4-c3ccccc3)n2)cc1.c1ccc(-c2nc(-c3ccc4sc5ccccc5c4c3)nc(-c3cccc4c3c3ccccc3n4-c3ccccc3)n2)cc1. The van der Waals surface area contributed by atoms with Crippen molar-refractivity contribution in [2.75, 3.05) is 0 Å².